The number of pyridine rings is 1. The molecule has 0 spiro atoms. The molecule has 8 heteroatoms. The molecule has 0 unspecified atom stereocenters. The first-order valence-electron chi connectivity index (χ1n) is 12.3. The number of aromatic nitrogens is 1. The van der Waals surface area contributed by atoms with E-state index in [0.29, 0.717) is 17.7 Å². The average molecular weight is 506 g/mol. The monoisotopic (exact) mass is 505 g/mol. The van der Waals surface area contributed by atoms with E-state index in [1.807, 2.05) is 38.1 Å². The number of halogens is 1. The van der Waals surface area contributed by atoms with Crippen LogP contribution < -0.4 is 4.74 Å². The topological polar surface area (TPSA) is 83.0 Å². The predicted octanol–water partition coefficient (Wildman–Crippen LogP) is 4.19. The van der Waals surface area contributed by atoms with Gasteiger partial charge in [-0.2, -0.15) is 0 Å². The fraction of sp³-hybridized carbons (Fsp3) is 0.345. The second kappa shape index (κ2) is 11.1. The molecule has 194 valence electrons. The molecule has 1 aliphatic rings. The molecule has 2 amide bonds. The third-order valence-electron chi connectivity index (χ3n) is 6.87. The minimum absolute atomic E-state index is 0.174. The number of hydrogen-bond acceptors (Lipinski definition) is 5. The molecule has 0 aliphatic carbocycles. The zero-order chi connectivity index (χ0) is 26.7. The number of aliphatic hydroxyl groups is 1. The summed E-state index contributed by atoms with van der Waals surface area (Å²) in [5.41, 5.74) is 3.49. The van der Waals surface area contributed by atoms with Crippen molar-refractivity contribution in [3.63, 3.8) is 0 Å². The van der Waals surface area contributed by atoms with Crippen molar-refractivity contribution in [3.05, 3.63) is 83.3 Å². The van der Waals surface area contributed by atoms with Gasteiger partial charge in [0.25, 0.3) is 11.8 Å². The van der Waals surface area contributed by atoms with E-state index in [0.717, 1.165) is 16.7 Å². The van der Waals surface area contributed by atoms with Gasteiger partial charge in [0.2, 0.25) is 5.88 Å². The van der Waals surface area contributed by atoms with Crippen molar-refractivity contribution in [2.24, 2.45) is 5.92 Å². The molecule has 2 heterocycles. The summed E-state index contributed by atoms with van der Waals surface area (Å²) in [4.78, 5) is 34.3. The summed E-state index contributed by atoms with van der Waals surface area (Å²) in [5.74, 6) is -0.922. The van der Waals surface area contributed by atoms with E-state index < -0.39 is 18.0 Å². The summed E-state index contributed by atoms with van der Waals surface area (Å²) in [5, 5.41) is 9.88. The molecule has 0 saturated heterocycles. The number of nitrogens with zero attached hydrogens (tertiary/aromatic N) is 3. The maximum atomic E-state index is 13.7. The third-order valence-corrected chi connectivity index (χ3v) is 6.87. The van der Waals surface area contributed by atoms with Gasteiger partial charge in [-0.05, 0) is 55.3 Å². The van der Waals surface area contributed by atoms with E-state index in [1.54, 1.807) is 31.1 Å². The summed E-state index contributed by atoms with van der Waals surface area (Å²) >= 11 is 0. The van der Waals surface area contributed by atoms with Crippen molar-refractivity contribution in [1.29, 1.82) is 0 Å². The molecule has 1 N–H and O–H groups in total. The maximum absolute atomic E-state index is 13.7. The average Bonchev–Trinajstić information content (AvgIpc) is 2.90. The van der Waals surface area contributed by atoms with Crippen LogP contribution in [0, 0.1) is 18.7 Å². The Labute approximate surface area is 216 Å². The highest BCUT2D eigenvalue weighted by Crippen LogP contribution is 2.31. The number of carbonyl (C=O) groups is 2. The van der Waals surface area contributed by atoms with Gasteiger partial charge < -0.3 is 19.6 Å². The van der Waals surface area contributed by atoms with Gasteiger partial charge in [0, 0.05) is 36.8 Å². The van der Waals surface area contributed by atoms with Crippen molar-refractivity contribution in [1.82, 2.24) is 14.8 Å². The number of likely N-dealkylation sites (N-methyl/N-ethyl adjacent to an activating group) is 1. The van der Waals surface area contributed by atoms with Crippen LogP contribution in [0.2, 0.25) is 0 Å². The zero-order valence-corrected chi connectivity index (χ0v) is 21.5. The third kappa shape index (κ3) is 5.64. The second-order valence-electron chi connectivity index (χ2n) is 9.71. The van der Waals surface area contributed by atoms with Crippen molar-refractivity contribution in [2.45, 2.75) is 32.9 Å². The standard InChI is InChI=1S/C29H32FN3O4/c1-18-7-5-6-8-24(18)22-13-25-27(31-14-22)37-26(19(2)15-33(29(25)36)20(3)17-34)16-32(4)28(35)21-9-11-23(30)12-10-21/h5-14,19-20,26,34H,15-17H2,1-4H3/t19-,20+,26+/m0/s1. The highest BCUT2D eigenvalue weighted by atomic mass is 19.1. The van der Waals surface area contributed by atoms with Gasteiger partial charge in [-0.15, -0.1) is 0 Å². The van der Waals surface area contributed by atoms with Gasteiger partial charge in [-0.1, -0.05) is 31.2 Å². The molecule has 3 aromatic rings. The first-order valence-corrected chi connectivity index (χ1v) is 12.3. The van der Waals surface area contributed by atoms with Crippen molar-refractivity contribution in [2.75, 3.05) is 26.7 Å². The Kier molecular flexibility index (Phi) is 7.88. The summed E-state index contributed by atoms with van der Waals surface area (Å²) in [6.45, 7) is 6.11. The van der Waals surface area contributed by atoms with E-state index in [4.69, 9.17) is 4.74 Å². The van der Waals surface area contributed by atoms with Crippen LogP contribution in [0.3, 0.4) is 0 Å². The number of amides is 2. The lowest BCUT2D eigenvalue weighted by Gasteiger charge is -2.37. The molecule has 0 saturated carbocycles. The van der Waals surface area contributed by atoms with Gasteiger partial charge in [-0.3, -0.25) is 9.59 Å². The highest BCUT2D eigenvalue weighted by Gasteiger charge is 2.35. The Morgan fingerprint density at radius 2 is 1.92 bits per heavy atom. The molecule has 2 aromatic carbocycles. The Hall–Kier alpha value is -3.78. The normalized spacial score (nSPS) is 18.3. The molecular formula is C29H32FN3O4. The predicted molar refractivity (Wildman–Crippen MR) is 139 cm³/mol. The molecule has 0 bridgehead atoms. The number of fused-ring (bicyclic) bond motifs is 1. The number of benzene rings is 2. The first-order chi connectivity index (χ1) is 17.7. The number of ether oxygens (including phenoxy) is 1. The maximum Gasteiger partial charge on any atom is 0.259 e. The molecule has 3 atom stereocenters. The minimum Gasteiger partial charge on any atom is -0.472 e. The zero-order valence-electron chi connectivity index (χ0n) is 21.5. The van der Waals surface area contributed by atoms with Gasteiger partial charge in [0.05, 0.1) is 19.2 Å². The van der Waals surface area contributed by atoms with E-state index in [-0.39, 0.29) is 36.8 Å². The summed E-state index contributed by atoms with van der Waals surface area (Å²) in [7, 11) is 1.66. The van der Waals surface area contributed by atoms with E-state index in [9.17, 15) is 19.1 Å². The molecule has 4 rings (SSSR count). The van der Waals surface area contributed by atoms with E-state index >= 15 is 0 Å². The lowest BCUT2D eigenvalue weighted by molar-refractivity contribution is 0.0313. The Balaban J connectivity index is 1.68. The minimum atomic E-state index is -0.480. The lowest BCUT2D eigenvalue weighted by atomic mass is 9.98. The molecule has 0 radical (unpaired) electrons. The number of rotatable bonds is 6. The Morgan fingerprint density at radius 1 is 1.22 bits per heavy atom. The summed E-state index contributed by atoms with van der Waals surface area (Å²) in [6, 6.07) is 14.6. The van der Waals surface area contributed by atoms with Crippen LogP contribution in [0.25, 0.3) is 11.1 Å². The van der Waals surface area contributed by atoms with Crippen LogP contribution in [0.5, 0.6) is 5.88 Å². The van der Waals surface area contributed by atoms with Crippen LogP contribution in [-0.4, -0.2) is 70.6 Å². The SMILES string of the molecule is Cc1ccccc1-c1cnc2c(c1)C(=O)N([C@H](C)CO)C[C@H](C)[C@@H](CN(C)C(=O)c1ccc(F)cc1)O2. The van der Waals surface area contributed by atoms with Crippen molar-refractivity contribution in [3.8, 4) is 17.0 Å². The van der Waals surface area contributed by atoms with Crippen molar-refractivity contribution < 1.29 is 23.8 Å². The fourth-order valence-corrected chi connectivity index (χ4v) is 4.53. The van der Waals surface area contributed by atoms with Crippen LogP contribution in [0.4, 0.5) is 4.39 Å². The highest BCUT2D eigenvalue weighted by molar-refractivity contribution is 5.98. The summed E-state index contributed by atoms with van der Waals surface area (Å²) in [6.07, 6.45) is 1.21. The summed E-state index contributed by atoms with van der Waals surface area (Å²) < 4.78 is 19.6. The van der Waals surface area contributed by atoms with Gasteiger partial charge >= 0.3 is 0 Å². The van der Waals surface area contributed by atoms with Gasteiger partial charge in [0.1, 0.15) is 17.5 Å². The van der Waals surface area contributed by atoms with Crippen LogP contribution in [0.15, 0.2) is 60.8 Å². The molecule has 37 heavy (non-hydrogen) atoms. The van der Waals surface area contributed by atoms with E-state index in [2.05, 4.69) is 4.98 Å². The molecule has 1 aliphatic heterocycles. The van der Waals surface area contributed by atoms with Gasteiger partial charge in [-0.25, -0.2) is 9.37 Å². The Morgan fingerprint density at radius 3 is 2.59 bits per heavy atom. The number of hydrogen-bond donors (Lipinski definition) is 1. The van der Waals surface area contributed by atoms with Crippen LogP contribution in [0.1, 0.15) is 40.1 Å². The molecular weight excluding hydrogens is 473 g/mol. The van der Waals surface area contributed by atoms with Crippen LogP contribution >= 0.6 is 0 Å². The first kappa shape index (κ1) is 26.3. The lowest BCUT2D eigenvalue weighted by Crippen LogP contribution is -2.50. The van der Waals surface area contributed by atoms with Gasteiger partial charge in [0.15, 0.2) is 0 Å². The largest absolute Gasteiger partial charge is 0.472 e. The number of aliphatic hydroxyl groups excluding tert-OH is 1. The molecule has 7 nitrogen and oxygen atoms in total. The quantitative estimate of drug-likeness (QED) is 0.543. The Bertz CT molecular complexity index is 1280. The molecule has 0 fully saturated rings. The van der Waals surface area contributed by atoms with Crippen LogP contribution in [-0.2, 0) is 0 Å². The molecule has 1 aromatic heterocycles. The van der Waals surface area contributed by atoms with E-state index in [1.165, 1.54) is 29.2 Å². The fourth-order valence-electron chi connectivity index (χ4n) is 4.53. The second-order valence-corrected chi connectivity index (χ2v) is 9.71. The number of carbonyl (C=O) groups excluding carboxylic acids is 2. The smallest absolute Gasteiger partial charge is 0.259 e. The number of aryl methyl sites for hydroxylation is 1. The van der Waals surface area contributed by atoms with Crippen molar-refractivity contribution >= 4 is 11.8 Å².